The Morgan fingerprint density at radius 2 is 2.22 bits per heavy atom. The van der Waals surface area contributed by atoms with Gasteiger partial charge in [0.15, 0.2) is 0 Å². The van der Waals surface area contributed by atoms with Gasteiger partial charge in [-0.1, -0.05) is 0 Å². The van der Waals surface area contributed by atoms with Crippen LogP contribution in [0.3, 0.4) is 0 Å². The Morgan fingerprint density at radius 3 is 2.56 bits per heavy atom. The van der Waals surface area contributed by atoms with Crippen LogP contribution in [0.2, 0.25) is 0 Å². The molecule has 2 heteroatoms. The van der Waals surface area contributed by atoms with Crippen molar-refractivity contribution in [3.8, 4) is 0 Å². The molecule has 1 aliphatic heterocycles. The Balaban J connectivity index is 2.49. The number of morpholine rings is 1. The second-order valence-electron chi connectivity index (χ2n) is 3.16. The highest BCUT2D eigenvalue weighted by Gasteiger charge is 2.28. The van der Waals surface area contributed by atoms with Crippen molar-refractivity contribution < 1.29 is 4.74 Å². The lowest BCUT2D eigenvalue weighted by Crippen LogP contribution is -2.54. The molecule has 1 unspecified atom stereocenters. The van der Waals surface area contributed by atoms with Crippen LogP contribution < -0.4 is 5.32 Å². The molecule has 1 N–H and O–H groups in total. The molecule has 0 amide bonds. The third kappa shape index (κ3) is 1.43. The lowest BCUT2D eigenvalue weighted by Gasteiger charge is -2.37. The van der Waals surface area contributed by atoms with Crippen molar-refractivity contribution in [2.24, 2.45) is 0 Å². The van der Waals surface area contributed by atoms with E-state index in [0.717, 1.165) is 13.2 Å². The molecule has 2 nitrogen and oxygen atoms in total. The third-order valence-electron chi connectivity index (χ3n) is 2.07. The Hall–Kier alpha value is -0.0800. The highest BCUT2D eigenvalue weighted by molar-refractivity contribution is 4.86. The summed E-state index contributed by atoms with van der Waals surface area (Å²) in [7, 11) is 0. The van der Waals surface area contributed by atoms with Crippen LogP contribution in [-0.2, 0) is 4.74 Å². The molecule has 1 heterocycles. The summed E-state index contributed by atoms with van der Waals surface area (Å²) >= 11 is 0. The minimum absolute atomic E-state index is 0.165. The van der Waals surface area contributed by atoms with Crippen molar-refractivity contribution in [3.63, 3.8) is 0 Å². The summed E-state index contributed by atoms with van der Waals surface area (Å²) in [6.45, 7) is 8.27. The molecule has 0 aromatic carbocycles. The SMILES string of the molecule is CC1OCCNC1(C)C. The fraction of sp³-hybridized carbons (Fsp3) is 1.00. The first-order valence-corrected chi connectivity index (χ1v) is 3.49. The fourth-order valence-electron chi connectivity index (χ4n) is 0.961. The van der Waals surface area contributed by atoms with Gasteiger partial charge in [0.1, 0.15) is 0 Å². The smallest absolute Gasteiger partial charge is 0.0723 e. The van der Waals surface area contributed by atoms with Crippen LogP contribution >= 0.6 is 0 Å². The van der Waals surface area contributed by atoms with E-state index >= 15 is 0 Å². The van der Waals surface area contributed by atoms with Gasteiger partial charge in [-0.2, -0.15) is 0 Å². The number of rotatable bonds is 0. The molecular weight excluding hydrogens is 114 g/mol. The Labute approximate surface area is 56.6 Å². The van der Waals surface area contributed by atoms with E-state index in [1.807, 2.05) is 0 Å². The molecule has 0 aliphatic carbocycles. The van der Waals surface area contributed by atoms with Crippen molar-refractivity contribution in [1.82, 2.24) is 5.32 Å². The molecule has 0 aromatic rings. The monoisotopic (exact) mass is 129 g/mol. The molecule has 9 heavy (non-hydrogen) atoms. The Bertz CT molecular complexity index is 101. The second-order valence-corrected chi connectivity index (χ2v) is 3.16. The summed E-state index contributed by atoms with van der Waals surface area (Å²) in [6.07, 6.45) is 0.339. The van der Waals surface area contributed by atoms with E-state index in [1.165, 1.54) is 0 Å². The first kappa shape index (κ1) is 7.03. The highest BCUT2D eigenvalue weighted by Crippen LogP contribution is 2.14. The minimum Gasteiger partial charge on any atom is -0.375 e. The average Bonchev–Trinajstić information content (AvgIpc) is 1.77. The number of hydrogen-bond acceptors (Lipinski definition) is 2. The fourth-order valence-corrected chi connectivity index (χ4v) is 0.961. The van der Waals surface area contributed by atoms with Crippen LogP contribution in [0, 0.1) is 0 Å². The number of hydrogen-bond donors (Lipinski definition) is 1. The van der Waals surface area contributed by atoms with Crippen LogP contribution in [0.4, 0.5) is 0 Å². The normalized spacial score (nSPS) is 34.3. The van der Waals surface area contributed by atoms with Gasteiger partial charge in [0, 0.05) is 12.1 Å². The molecule has 0 bridgehead atoms. The van der Waals surface area contributed by atoms with Gasteiger partial charge in [-0.3, -0.25) is 0 Å². The zero-order valence-electron chi connectivity index (χ0n) is 6.40. The van der Waals surface area contributed by atoms with Crippen molar-refractivity contribution >= 4 is 0 Å². The largest absolute Gasteiger partial charge is 0.375 e. The summed E-state index contributed by atoms with van der Waals surface area (Å²) in [5.74, 6) is 0. The van der Waals surface area contributed by atoms with E-state index in [-0.39, 0.29) is 5.54 Å². The zero-order valence-corrected chi connectivity index (χ0v) is 6.40. The van der Waals surface area contributed by atoms with Crippen molar-refractivity contribution in [3.05, 3.63) is 0 Å². The summed E-state index contributed by atoms with van der Waals surface area (Å²) in [5, 5.41) is 3.38. The topological polar surface area (TPSA) is 21.3 Å². The zero-order chi connectivity index (χ0) is 6.91. The van der Waals surface area contributed by atoms with Crippen molar-refractivity contribution in [2.45, 2.75) is 32.4 Å². The third-order valence-corrected chi connectivity index (χ3v) is 2.07. The Kier molecular flexibility index (Phi) is 1.78. The van der Waals surface area contributed by atoms with Crippen LogP contribution in [-0.4, -0.2) is 24.8 Å². The van der Waals surface area contributed by atoms with Gasteiger partial charge in [-0.05, 0) is 20.8 Å². The van der Waals surface area contributed by atoms with Gasteiger partial charge in [0.05, 0.1) is 12.7 Å². The quantitative estimate of drug-likeness (QED) is 0.521. The second kappa shape index (κ2) is 2.27. The Morgan fingerprint density at radius 1 is 1.56 bits per heavy atom. The van der Waals surface area contributed by atoms with E-state index in [9.17, 15) is 0 Å². The van der Waals surface area contributed by atoms with E-state index in [2.05, 4.69) is 26.1 Å². The summed E-state index contributed by atoms with van der Waals surface area (Å²) < 4.78 is 5.43. The van der Waals surface area contributed by atoms with E-state index in [1.54, 1.807) is 0 Å². The van der Waals surface area contributed by atoms with E-state index in [4.69, 9.17) is 4.74 Å². The predicted octanol–water partition coefficient (Wildman–Crippen LogP) is 0.773. The molecule has 54 valence electrons. The number of ether oxygens (including phenoxy) is 1. The summed E-state index contributed by atoms with van der Waals surface area (Å²) in [4.78, 5) is 0. The van der Waals surface area contributed by atoms with E-state index in [0.29, 0.717) is 6.10 Å². The molecule has 1 fully saturated rings. The van der Waals surface area contributed by atoms with Gasteiger partial charge in [0.2, 0.25) is 0 Å². The minimum atomic E-state index is 0.165. The average molecular weight is 129 g/mol. The molecule has 1 rings (SSSR count). The van der Waals surface area contributed by atoms with Crippen molar-refractivity contribution in [2.75, 3.05) is 13.2 Å². The lowest BCUT2D eigenvalue weighted by molar-refractivity contribution is -0.0248. The molecule has 1 saturated heterocycles. The first-order chi connectivity index (χ1) is 4.13. The lowest BCUT2D eigenvalue weighted by atomic mass is 9.97. The van der Waals surface area contributed by atoms with Gasteiger partial charge >= 0.3 is 0 Å². The summed E-state index contributed by atoms with van der Waals surface area (Å²) in [5.41, 5.74) is 0.165. The maximum absolute atomic E-state index is 5.43. The van der Waals surface area contributed by atoms with E-state index < -0.39 is 0 Å². The summed E-state index contributed by atoms with van der Waals surface area (Å²) in [6, 6.07) is 0. The van der Waals surface area contributed by atoms with Crippen LogP contribution in [0.25, 0.3) is 0 Å². The standard InChI is InChI=1S/C7H15NO/c1-6-7(2,3)8-4-5-9-6/h6,8H,4-5H2,1-3H3. The van der Waals surface area contributed by atoms with Gasteiger partial charge in [0.25, 0.3) is 0 Å². The maximum atomic E-state index is 5.43. The van der Waals surface area contributed by atoms with Crippen LogP contribution in [0.5, 0.6) is 0 Å². The first-order valence-electron chi connectivity index (χ1n) is 3.49. The van der Waals surface area contributed by atoms with Crippen molar-refractivity contribution in [1.29, 1.82) is 0 Å². The number of nitrogens with one attached hydrogen (secondary N) is 1. The maximum Gasteiger partial charge on any atom is 0.0723 e. The molecule has 0 aromatic heterocycles. The van der Waals surface area contributed by atoms with Crippen LogP contribution in [0.15, 0.2) is 0 Å². The highest BCUT2D eigenvalue weighted by atomic mass is 16.5. The van der Waals surface area contributed by atoms with Gasteiger partial charge in [-0.25, -0.2) is 0 Å². The molecule has 0 saturated carbocycles. The van der Waals surface area contributed by atoms with Gasteiger partial charge in [-0.15, -0.1) is 0 Å². The molecular formula is C7H15NO. The molecule has 0 radical (unpaired) electrons. The van der Waals surface area contributed by atoms with Gasteiger partial charge < -0.3 is 10.1 Å². The molecule has 1 atom stereocenters. The molecule has 1 aliphatic rings. The van der Waals surface area contributed by atoms with Crippen LogP contribution in [0.1, 0.15) is 20.8 Å². The predicted molar refractivity (Wildman–Crippen MR) is 37.5 cm³/mol. The molecule has 0 spiro atoms.